The van der Waals surface area contributed by atoms with Crippen molar-refractivity contribution in [2.24, 2.45) is 5.18 Å². The third kappa shape index (κ3) is 3.15. The maximum Gasteiger partial charge on any atom is 0.106 e. The molecule has 0 saturated carbocycles. The zero-order valence-corrected chi connectivity index (χ0v) is 16.4. The predicted octanol–water partition coefficient (Wildman–Crippen LogP) is 6.59. The Morgan fingerprint density at radius 2 is 1.40 bits per heavy atom. The van der Waals surface area contributed by atoms with Crippen LogP contribution in [0.5, 0.6) is 0 Å². The normalized spacial score (nSPS) is 17.8. The Bertz CT molecular complexity index is 830. The first-order valence-corrected chi connectivity index (χ1v) is 9.20. The monoisotopic (exact) mass is 335 g/mol. The van der Waals surface area contributed by atoms with Crippen molar-refractivity contribution in [1.29, 1.82) is 0 Å². The van der Waals surface area contributed by atoms with Crippen LogP contribution in [0.25, 0.3) is 11.1 Å². The van der Waals surface area contributed by atoms with Gasteiger partial charge in [0.1, 0.15) is 6.54 Å². The molecule has 2 aromatic rings. The third-order valence-electron chi connectivity index (χ3n) is 6.03. The number of fused-ring (bicyclic) bond motifs is 1. The van der Waals surface area contributed by atoms with E-state index in [0.29, 0.717) is 0 Å². The van der Waals surface area contributed by atoms with Crippen molar-refractivity contribution in [2.45, 2.75) is 71.8 Å². The summed E-state index contributed by atoms with van der Waals surface area (Å²) < 4.78 is 0. The zero-order valence-electron chi connectivity index (χ0n) is 16.4. The second-order valence-electron chi connectivity index (χ2n) is 8.92. The van der Waals surface area contributed by atoms with Crippen LogP contribution >= 0.6 is 0 Å². The lowest BCUT2D eigenvalue weighted by Crippen LogP contribution is -2.34. The summed E-state index contributed by atoms with van der Waals surface area (Å²) in [7, 11) is 0. The molecule has 0 heterocycles. The molecule has 0 aromatic heterocycles. The van der Waals surface area contributed by atoms with Gasteiger partial charge in [-0.25, -0.2) is 0 Å². The highest BCUT2D eigenvalue weighted by atomic mass is 16.3. The van der Waals surface area contributed by atoms with Crippen LogP contribution in [-0.4, -0.2) is 0 Å². The minimum Gasteiger partial charge on any atom is -0.150 e. The lowest BCUT2D eigenvalue weighted by Gasteiger charge is -2.42. The van der Waals surface area contributed by atoms with Crippen LogP contribution in [0.3, 0.4) is 0 Å². The molecule has 0 amide bonds. The molecule has 0 saturated heterocycles. The van der Waals surface area contributed by atoms with Gasteiger partial charge >= 0.3 is 0 Å². The molecule has 1 aliphatic rings. The Balaban J connectivity index is 2.18. The molecule has 0 N–H and O–H groups in total. The molecular weight excluding hydrogens is 306 g/mol. The van der Waals surface area contributed by atoms with E-state index in [2.05, 4.69) is 71.0 Å². The Hall–Kier alpha value is -1.96. The van der Waals surface area contributed by atoms with Crippen LogP contribution in [-0.2, 0) is 17.4 Å². The quantitative estimate of drug-likeness (QED) is 0.582. The van der Waals surface area contributed by atoms with Gasteiger partial charge in [-0.15, -0.1) is 0 Å². The summed E-state index contributed by atoms with van der Waals surface area (Å²) in [5, 5.41) is 3.01. The fraction of sp³-hybridized carbons (Fsp3) is 0.478. The molecule has 132 valence electrons. The average molecular weight is 335 g/mol. The highest BCUT2D eigenvalue weighted by molar-refractivity contribution is 5.73. The molecule has 0 fully saturated rings. The number of aryl methyl sites for hydroxylation is 2. The van der Waals surface area contributed by atoms with E-state index in [-0.39, 0.29) is 17.4 Å². The lowest BCUT2D eigenvalue weighted by atomic mass is 9.62. The van der Waals surface area contributed by atoms with Gasteiger partial charge in [0.15, 0.2) is 0 Å². The number of nitrogens with zero attached hydrogens (tertiary/aromatic N) is 1. The van der Waals surface area contributed by atoms with Crippen molar-refractivity contribution in [2.75, 3.05) is 0 Å². The molecule has 0 radical (unpaired) electrons. The maximum absolute atomic E-state index is 10.5. The van der Waals surface area contributed by atoms with Crippen LogP contribution in [0.1, 0.15) is 68.4 Å². The molecule has 1 aliphatic carbocycles. The molecule has 0 spiro atoms. The lowest BCUT2D eigenvalue weighted by molar-refractivity contribution is 0.332. The molecule has 0 atom stereocenters. The minimum atomic E-state index is 0.211. The third-order valence-corrected chi connectivity index (χ3v) is 6.03. The topological polar surface area (TPSA) is 29.4 Å². The average Bonchev–Trinajstić information content (AvgIpc) is 2.53. The number of rotatable bonds is 3. The SMILES string of the molecule is Cc1cc(CN=O)ccc1-c1cc2c(cc1C)C(C)(C)CCC2(C)C. The van der Waals surface area contributed by atoms with Gasteiger partial charge in [0, 0.05) is 0 Å². The van der Waals surface area contributed by atoms with Crippen molar-refractivity contribution in [3.8, 4) is 11.1 Å². The summed E-state index contributed by atoms with van der Waals surface area (Å²) in [5.41, 5.74) is 9.53. The summed E-state index contributed by atoms with van der Waals surface area (Å²) in [4.78, 5) is 10.5. The fourth-order valence-electron chi connectivity index (χ4n) is 4.21. The summed E-state index contributed by atoms with van der Waals surface area (Å²) in [6.45, 7) is 14.0. The van der Waals surface area contributed by atoms with E-state index in [9.17, 15) is 4.91 Å². The van der Waals surface area contributed by atoms with Crippen LogP contribution in [0, 0.1) is 18.8 Å². The van der Waals surface area contributed by atoms with E-state index in [0.717, 1.165) is 5.56 Å². The Labute approximate surface area is 151 Å². The van der Waals surface area contributed by atoms with Gasteiger partial charge in [0.2, 0.25) is 0 Å². The minimum absolute atomic E-state index is 0.211. The molecule has 25 heavy (non-hydrogen) atoms. The molecule has 3 rings (SSSR count). The zero-order chi connectivity index (χ0) is 18.4. The van der Waals surface area contributed by atoms with Crippen LogP contribution in [0.4, 0.5) is 0 Å². The van der Waals surface area contributed by atoms with E-state index in [1.54, 1.807) is 0 Å². The van der Waals surface area contributed by atoms with Crippen molar-refractivity contribution < 1.29 is 0 Å². The van der Waals surface area contributed by atoms with Crippen molar-refractivity contribution in [3.05, 3.63) is 63.1 Å². The second-order valence-corrected chi connectivity index (χ2v) is 8.92. The van der Waals surface area contributed by atoms with Crippen molar-refractivity contribution in [3.63, 3.8) is 0 Å². The van der Waals surface area contributed by atoms with Gasteiger partial charge in [-0.05, 0) is 76.5 Å². The first kappa shape index (κ1) is 17.8. The smallest absolute Gasteiger partial charge is 0.106 e. The van der Waals surface area contributed by atoms with E-state index in [1.807, 2.05) is 6.07 Å². The van der Waals surface area contributed by atoms with Gasteiger partial charge < -0.3 is 0 Å². The van der Waals surface area contributed by atoms with Crippen molar-refractivity contribution >= 4 is 0 Å². The predicted molar refractivity (Wildman–Crippen MR) is 106 cm³/mol. The standard InChI is InChI=1S/C23H29NO/c1-15-11-17(14-24-25)7-8-18(15)19-13-21-20(12-16(19)2)22(3,4)9-10-23(21,5)6/h7-8,11-13H,9-10,14H2,1-6H3. The molecule has 0 aliphatic heterocycles. The van der Waals surface area contributed by atoms with Crippen molar-refractivity contribution in [1.82, 2.24) is 0 Å². The van der Waals surface area contributed by atoms with E-state index < -0.39 is 0 Å². The highest BCUT2D eigenvalue weighted by Gasteiger charge is 2.37. The Morgan fingerprint density at radius 3 is 1.96 bits per heavy atom. The van der Waals surface area contributed by atoms with E-state index in [1.165, 1.54) is 46.2 Å². The van der Waals surface area contributed by atoms with Crippen LogP contribution < -0.4 is 0 Å². The second kappa shape index (κ2) is 6.09. The molecule has 2 heteroatoms. The maximum atomic E-state index is 10.5. The van der Waals surface area contributed by atoms with Gasteiger partial charge in [0.25, 0.3) is 0 Å². The summed E-state index contributed by atoms with van der Waals surface area (Å²) in [6, 6.07) is 11.1. The first-order chi connectivity index (χ1) is 11.7. The Morgan fingerprint density at radius 1 is 0.840 bits per heavy atom. The summed E-state index contributed by atoms with van der Waals surface area (Å²) in [6.07, 6.45) is 2.45. The summed E-state index contributed by atoms with van der Waals surface area (Å²) >= 11 is 0. The van der Waals surface area contributed by atoms with E-state index >= 15 is 0 Å². The number of benzene rings is 2. The number of nitroso groups, excluding NO2 is 1. The largest absolute Gasteiger partial charge is 0.150 e. The van der Waals surface area contributed by atoms with Gasteiger partial charge in [-0.2, -0.15) is 4.91 Å². The first-order valence-electron chi connectivity index (χ1n) is 9.20. The summed E-state index contributed by atoms with van der Waals surface area (Å²) in [5.74, 6) is 0. The molecule has 0 bridgehead atoms. The molecular formula is C23H29NO. The van der Waals surface area contributed by atoms with Crippen LogP contribution in [0.2, 0.25) is 0 Å². The van der Waals surface area contributed by atoms with Gasteiger partial charge in [0.05, 0.1) is 0 Å². The highest BCUT2D eigenvalue weighted by Crippen LogP contribution is 2.47. The molecule has 2 aromatic carbocycles. The molecule has 0 unspecified atom stereocenters. The Kier molecular flexibility index (Phi) is 4.35. The van der Waals surface area contributed by atoms with Gasteiger partial charge in [-0.3, -0.25) is 0 Å². The van der Waals surface area contributed by atoms with Gasteiger partial charge in [-0.1, -0.05) is 63.2 Å². The number of hydrogen-bond acceptors (Lipinski definition) is 2. The fourth-order valence-corrected chi connectivity index (χ4v) is 4.21. The van der Waals surface area contributed by atoms with E-state index in [4.69, 9.17) is 0 Å². The van der Waals surface area contributed by atoms with Crippen LogP contribution in [0.15, 0.2) is 35.5 Å². The molecule has 2 nitrogen and oxygen atoms in total. The number of hydrogen-bond donors (Lipinski definition) is 0.